The van der Waals surface area contributed by atoms with Gasteiger partial charge in [-0.05, 0) is 63.1 Å². The van der Waals surface area contributed by atoms with Gasteiger partial charge in [-0.25, -0.2) is 4.79 Å². The molecule has 0 amide bonds. The Hall–Kier alpha value is -3.02. The normalized spacial score (nSPS) is 11.5. The maximum atomic E-state index is 12.0. The highest BCUT2D eigenvalue weighted by Crippen LogP contribution is 2.24. The van der Waals surface area contributed by atoms with Crippen LogP contribution in [-0.2, 0) is 16.0 Å². The molecule has 0 aliphatic carbocycles. The van der Waals surface area contributed by atoms with Gasteiger partial charge in [-0.15, -0.1) is 0 Å². The lowest BCUT2D eigenvalue weighted by molar-refractivity contribution is -0.136. The molecule has 6 nitrogen and oxygen atoms in total. The molecular weight excluding hydrogens is 332 g/mol. The number of ether oxygens (including phenoxy) is 1. The first kappa shape index (κ1) is 19.3. The van der Waals surface area contributed by atoms with Gasteiger partial charge in [0.15, 0.2) is 0 Å². The maximum absolute atomic E-state index is 12.0. The molecule has 0 saturated heterocycles. The summed E-state index contributed by atoms with van der Waals surface area (Å²) in [6, 6.07) is 13.9. The average molecular weight is 354 g/mol. The highest BCUT2D eigenvalue weighted by atomic mass is 16.6. The number of aryl methyl sites for hydroxylation is 1. The number of nitrogens with zero attached hydrogens (tertiary/aromatic N) is 2. The van der Waals surface area contributed by atoms with E-state index in [-0.39, 0.29) is 12.4 Å². The van der Waals surface area contributed by atoms with Crippen molar-refractivity contribution in [3.63, 3.8) is 0 Å². The second-order valence-corrected chi connectivity index (χ2v) is 6.77. The average Bonchev–Trinajstić information content (AvgIpc) is 2.57. The van der Waals surface area contributed by atoms with Crippen LogP contribution in [0, 0.1) is 0 Å². The van der Waals surface area contributed by atoms with Crippen molar-refractivity contribution in [3.8, 4) is 0 Å². The first-order valence-electron chi connectivity index (χ1n) is 8.29. The fourth-order valence-electron chi connectivity index (χ4n) is 2.17. The molecule has 6 heteroatoms. The number of azo groups is 1. The van der Waals surface area contributed by atoms with Gasteiger partial charge in [0.2, 0.25) is 0 Å². The van der Waals surface area contributed by atoms with Crippen molar-refractivity contribution >= 4 is 23.3 Å². The fraction of sp³-hybridized carbons (Fsp3) is 0.300. The number of benzene rings is 2. The number of hydrogen-bond acceptors (Lipinski definition) is 5. The Bertz CT molecular complexity index is 805. The lowest BCUT2D eigenvalue weighted by Crippen LogP contribution is -2.23. The van der Waals surface area contributed by atoms with Crippen LogP contribution in [-0.4, -0.2) is 22.6 Å². The SMILES string of the molecule is CC(C)(C)OC(=O)c1ccc(N=Nc2ccccc2CCC(=O)O)cc1. The van der Waals surface area contributed by atoms with Crippen LogP contribution in [0.3, 0.4) is 0 Å². The van der Waals surface area contributed by atoms with E-state index in [1.165, 1.54) is 0 Å². The molecule has 0 aliphatic rings. The fourth-order valence-corrected chi connectivity index (χ4v) is 2.17. The molecule has 2 aromatic rings. The molecule has 2 aromatic carbocycles. The zero-order valence-electron chi connectivity index (χ0n) is 15.1. The molecule has 0 aliphatic heterocycles. The van der Waals surface area contributed by atoms with Crippen LogP contribution in [0.2, 0.25) is 0 Å². The van der Waals surface area contributed by atoms with Gasteiger partial charge in [0.25, 0.3) is 0 Å². The molecule has 0 heterocycles. The number of carbonyl (C=O) groups excluding carboxylic acids is 1. The van der Waals surface area contributed by atoms with Crippen LogP contribution >= 0.6 is 0 Å². The van der Waals surface area contributed by atoms with E-state index >= 15 is 0 Å². The van der Waals surface area contributed by atoms with E-state index in [0.29, 0.717) is 23.4 Å². The first-order valence-corrected chi connectivity index (χ1v) is 8.29. The largest absolute Gasteiger partial charge is 0.481 e. The Morgan fingerprint density at radius 2 is 1.65 bits per heavy atom. The summed E-state index contributed by atoms with van der Waals surface area (Å²) in [6.45, 7) is 5.44. The number of carboxylic acid groups (broad SMARTS) is 1. The topological polar surface area (TPSA) is 88.3 Å². The predicted molar refractivity (Wildman–Crippen MR) is 98.2 cm³/mol. The summed E-state index contributed by atoms with van der Waals surface area (Å²) in [7, 11) is 0. The van der Waals surface area contributed by atoms with Crippen molar-refractivity contribution in [3.05, 3.63) is 59.7 Å². The Kier molecular flexibility index (Phi) is 6.22. The third-order valence-electron chi connectivity index (χ3n) is 3.37. The highest BCUT2D eigenvalue weighted by molar-refractivity contribution is 5.90. The molecule has 0 atom stereocenters. The van der Waals surface area contributed by atoms with E-state index in [2.05, 4.69) is 10.2 Å². The molecule has 0 bridgehead atoms. The number of carbonyl (C=O) groups is 2. The molecule has 26 heavy (non-hydrogen) atoms. The Labute approximate surface area is 152 Å². The first-order chi connectivity index (χ1) is 12.2. The number of carboxylic acids is 1. The van der Waals surface area contributed by atoms with Gasteiger partial charge in [-0.3, -0.25) is 4.79 Å². The second-order valence-electron chi connectivity index (χ2n) is 6.77. The van der Waals surface area contributed by atoms with Crippen molar-refractivity contribution in [1.82, 2.24) is 0 Å². The lowest BCUT2D eigenvalue weighted by atomic mass is 10.1. The van der Waals surface area contributed by atoms with Gasteiger partial charge in [0, 0.05) is 6.42 Å². The minimum absolute atomic E-state index is 0.0388. The highest BCUT2D eigenvalue weighted by Gasteiger charge is 2.17. The number of aliphatic carboxylic acids is 1. The Balaban J connectivity index is 2.09. The summed E-state index contributed by atoms with van der Waals surface area (Å²) in [5, 5.41) is 17.2. The zero-order valence-corrected chi connectivity index (χ0v) is 15.1. The Morgan fingerprint density at radius 1 is 1.00 bits per heavy atom. The van der Waals surface area contributed by atoms with E-state index in [0.717, 1.165) is 5.56 Å². The van der Waals surface area contributed by atoms with Gasteiger partial charge < -0.3 is 9.84 Å². The van der Waals surface area contributed by atoms with Gasteiger partial charge in [-0.2, -0.15) is 10.2 Å². The minimum Gasteiger partial charge on any atom is -0.481 e. The summed E-state index contributed by atoms with van der Waals surface area (Å²) < 4.78 is 5.31. The summed E-state index contributed by atoms with van der Waals surface area (Å²) in [5.74, 6) is -1.24. The van der Waals surface area contributed by atoms with E-state index in [1.807, 2.05) is 39.0 Å². The van der Waals surface area contributed by atoms with Gasteiger partial charge in [0.05, 0.1) is 16.9 Å². The quantitative estimate of drug-likeness (QED) is 0.579. The van der Waals surface area contributed by atoms with E-state index in [9.17, 15) is 9.59 Å². The smallest absolute Gasteiger partial charge is 0.338 e. The molecule has 0 unspecified atom stereocenters. The van der Waals surface area contributed by atoms with Crippen LogP contribution in [0.4, 0.5) is 11.4 Å². The van der Waals surface area contributed by atoms with Crippen molar-refractivity contribution < 1.29 is 19.4 Å². The molecule has 0 fully saturated rings. The minimum atomic E-state index is -0.852. The molecule has 1 N–H and O–H groups in total. The van der Waals surface area contributed by atoms with Gasteiger partial charge in [0.1, 0.15) is 5.60 Å². The number of rotatable bonds is 6. The van der Waals surface area contributed by atoms with Gasteiger partial charge in [-0.1, -0.05) is 18.2 Å². The van der Waals surface area contributed by atoms with Crippen LogP contribution in [0.25, 0.3) is 0 Å². The third-order valence-corrected chi connectivity index (χ3v) is 3.37. The van der Waals surface area contributed by atoms with Crippen LogP contribution in [0.1, 0.15) is 43.1 Å². The van der Waals surface area contributed by atoms with E-state index in [1.54, 1.807) is 30.3 Å². The molecule has 0 saturated carbocycles. The second kappa shape index (κ2) is 8.38. The van der Waals surface area contributed by atoms with Crippen molar-refractivity contribution in [2.75, 3.05) is 0 Å². The number of esters is 1. The predicted octanol–water partition coefficient (Wildman–Crippen LogP) is 5.07. The summed E-state index contributed by atoms with van der Waals surface area (Å²) >= 11 is 0. The zero-order chi connectivity index (χ0) is 19.2. The molecule has 136 valence electrons. The molecular formula is C20H22N2O4. The molecule has 0 aromatic heterocycles. The number of hydrogen-bond donors (Lipinski definition) is 1. The van der Waals surface area contributed by atoms with Gasteiger partial charge >= 0.3 is 11.9 Å². The van der Waals surface area contributed by atoms with E-state index < -0.39 is 11.6 Å². The maximum Gasteiger partial charge on any atom is 0.338 e. The molecule has 0 radical (unpaired) electrons. The molecule has 0 spiro atoms. The lowest BCUT2D eigenvalue weighted by Gasteiger charge is -2.19. The van der Waals surface area contributed by atoms with Crippen LogP contribution in [0.5, 0.6) is 0 Å². The molecule has 2 rings (SSSR count). The standard InChI is InChI=1S/C20H22N2O4/c1-20(2,3)26-19(25)15-8-11-16(12-9-15)21-22-17-7-5-4-6-14(17)10-13-18(23)24/h4-9,11-12H,10,13H2,1-3H3,(H,23,24). The van der Waals surface area contributed by atoms with Crippen molar-refractivity contribution in [2.24, 2.45) is 10.2 Å². The van der Waals surface area contributed by atoms with Crippen LogP contribution in [0.15, 0.2) is 58.8 Å². The monoisotopic (exact) mass is 354 g/mol. The van der Waals surface area contributed by atoms with Crippen LogP contribution < -0.4 is 0 Å². The third kappa shape index (κ3) is 6.12. The summed E-state index contributed by atoms with van der Waals surface area (Å²) in [4.78, 5) is 22.7. The summed E-state index contributed by atoms with van der Waals surface area (Å²) in [5.41, 5.74) is 1.94. The van der Waals surface area contributed by atoms with Crippen molar-refractivity contribution in [2.45, 2.75) is 39.2 Å². The van der Waals surface area contributed by atoms with Crippen molar-refractivity contribution in [1.29, 1.82) is 0 Å². The van der Waals surface area contributed by atoms with E-state index in [4.69, 9.17) is 9.84 Å². The Morgan fingerprint density at radius 3 is 2.27 bits per heavy atom. The summed E-state index contributed by atoms with van der Waals surface area (Å²) in [6.07, 6.45) is 0.430.